The predicted octanol–water partition coefficient (Wildman–Crippen LogP) is 4.63. The lowest BCUT2D eigenvalue weighted by molar-refractivity contribution is -0.114. The molecular weight excluding hydrogens is 372 g/mol. The first-order valence-electron chi connectivity index (χ1n) is 7.90. The van der Waals surface area contributed by atoms with Crippen molar-refractivity contribution in [2.24, 2.45) is 10.1 Å². The fraction of sp³-hybridized carbons (Fsp3) is 0.111. The molecule has 6 nitrogen and oxygen atoms in total. The number of hydrazone groups is 1. The number of aliphatic imine (C=N–C) groups is 1. The van der Waals surface area contributed by atoms with Crippen LogP contribution in [0.3, 0.4) is 0 Å². The number of furan rings is 1. The Balaban J connectivity index is 1.67. The predicted molar refractivity (Wildman–Crippen MR) is 104 cm³/mol. The number of rotatable bonds is 3. The molecule has 4 rings (SSSR count). The molecule has 1 amide bonds. The third-order valence-electron chi connectivity index (χ3n) is 3.85. The summed E-state index contributed by atoms with van der Waals surface area (Å²) in [5.74, 6) is 0.548. The molecule has 0 radical (unpaired) electrons. The van der Waals surface area contributed by atoms with Crippen LogP contribution in [0.4, 0.5) is 0 Å². The van der Waals surface area contributed by atoms with Gasteiger partial charge in [-0.05, 0) is 48.5 Å². The summed E-state index contributed by atoms with van der Waals surface area (Å²) in [6.45, 7) is 1.96. The standard InChI is InChI=1S/C18H13ClN4O2S/c1-2-15-22-23-16(20)12(17(24)21-18(23)26-15)9-10-7-8-14(25-10)11-5-3-4-6-13(11)19/h3-9,20H,2H2,1H3/b12-9+,20-16?. The van der Waals surface area contributed by atoms with Gasteiger partial charge < -0.3 is 4.42 Å². The van der Waals surface area contributed by atoms with E-state index in [9.17, 15) is 4.79 Å². The summed E-state index contributed by atoms with van der Waals surface area (Å²) in [5.41, 5.74) is 0.896. The number of carbonyl (C=O) groups excluding carboxylic acids is 1. The Hall–Kier alpha value is -2.64. The second-order valence-electron chi connectivity index (χ2n) is 5.55. The van der Waals surface area contributed by atoms with Crippen molar-refractivity contribution in [3.63, 3.8) is 0 Å². The third-order valence-corrected chi connectivity index (χ3v) is 5.23. The number of benzene rings is 1. The van der Waals surface area contributed by atoms with Gasteiger partial charge in [0, 0.05) is 5.56 Å². The van der Waals surface area contributed by atoms with Crippen LogP contribution in [0, 0.1) is 5.41 Å². The Bertz CT molecular complexity index is 1020. The zero-order chi connectivity index (χ0) is 18.3. The van der Waals surface area contributed by atoms with Crippen molar-refractivity contribution in [3.8, 4) is 11.3 Å². The van der Waals surface area contributed by atoms with E-state index in [1.54, 1.807) is 18.2 Å². The first kappa shape index (κ1) is 16.8. The average molecular weight is 385 g/mol. The SMILES string of the molecule is CCC1=NN2C(=N)/C(=C\c3ccc(-c4ccccc4Cl)o3)C(=O)N=C2S1. The van der Waals surface area contributed by atoms with Gasteiger partial charge in [-0.15, -0.1) is 0 Å². The Morgan fingerprint density at radius 3 is 2.88 bits per heavy atom. The molecule has 8 heteroatoms. The van der Waals surface area contributed by atoms with Gasteiger partial charge in [0.15, 0.2) is 5.84 Å². The van der Waals surface area contributed by atoms with Gasteiger partial charge in [0.2, 0.25) is 5.17 Å². The molecule has 1 aromatic carbocycles. The smallest absolute Gasteiger partial charge is 0.283 e. The average Bonchev–Trinajstić information content (AvgIpc) is 3.26. The van der Waals surface area contributed by atoms with Gasteiger partial charge >= 0.3 is 0 Å². The number of hydrogen-bond acceptors (Lipinski definition) is 5. The summed E-state index contributed by atoms with van der Waals surface area (Å²) < 4.78 is 5.79. The van der Waals surface area contributed by atoms with E-state index in [4.69, 9.17) is 21.4 Å². The first-order valence-corrected chi connectivity index (χ1v) is 9.10. The quantitative estimate of drug-likeness (QED) is 0.782. The summed E-state index contributed by atoms with van der Waals surface area (Å²) in [4.78, 5) is 16.4. The maximum Gasteiger partial charge on any atom is 0.283 e. The van der Waals surface area contributed by atoms with E-state index in [1.165, 1.54) is 22.8 Å². The number of fused-ring (bicyclic) bond motifs is 1. The van der Waals surface area contributed by atoms with E-state index in [0.29, 0.717) is 21.7 Å². The molecule has 2 aromatic rings. The van der Waals surface area contributed by atoms with Gasteiger partial charge in [-0.3, -0.25) is 10.2 Å². The number of halogens is 1. The minimum Gasteiger partial charge on any atom is -0.457 e. The van der Waals surface area contributed by atoms with Crippen molar-refractivity contribution in [3.05, 3.63) is 52.8 Å². The Morgan fingerprint density at radius 1 is 1.31 bits per heavy atom. The molecule has 1 aromatic heterocycles. The van der Waals surface area contributed by atoms with Gasteiger partial charge in [-0.25, -0.2) is 0 Å². The van der Waals surface area contributed by atoms with Crippen molar-refractivity contribution in [1.29, 1.82) is 5.41 Å². The highest BCUT2D eigenvalue weighted by Gasteiger charge is 2.35. The van der Waals surface area contributed by atoms with Crippen molar-refractivity contribution >= 4 is 51.4 Å². The molecule has 0 bridgehead atoms. The van der Waals surface area contributed by atoms with Gasteiger partial charge in [0.05, 0.1) is 10.6 Å². The van der Waals surface area contributed by atoms with Crippen LogP contribution in [0.15, 0.2) is 56.5 Å². The summed E-state index contributed by atoms with van der Waals surface area (Å²) in [6.07, 6.45) is 2.23. The number of amides is 1. The molecule has 0 atom stereocenters. The summed E-state index contributed by atoms with van der Waals surface area (Å²) >= 11 is 7.50. The molecule has 2 aliphatic rings. The van der Waals surface area contributed by atoms with E-state index in [0.717, 1.165) is 17.0 Å². The van der Waals surface area contributed by atoms with E-state index in [1.807, 2.05) is 25.1 Å². The zero-order valence-corrected chi connectivity index (χ0v) is 15.3. The lowest BCUT2D eigenvalue weighted by Crippen LogP contribution is -2.35. The van der Waals surface area contributed by atoms with Crippen LogP contribution >= 0.6 is 23.4 Å². The van der Waals surface area contributed by atoms with Gasteiger partial charge in [0.1, 0.15) is 16.6 Å². The number of nitrogens with zero attached hydrogens (tertiary/aromatic N) is 3. The van der Waals surface area contributed by atoms with Gasteiger partial charge in [0.25, 0.3) is 5.91 Å². The molecule has 0 unspecified atom stereocenters. The third kappa shape index (κ3) is 2.89. The molecule has 0 saturated heterocycles. The normalized spacial score (nSPS) is 18.2. The fourth-order valence-electron chi connectivity index (χ4n) is 2.55. The number of thioether (sulfide) groups is 1. The molecule has 1 N–H and O–H groups in total. The van der Waals surface area contributed by atoms with Crippen LogP contribution < -0.4 is 0 Å². The van der Waals surface area contributed by atoms with Crippen molar-refractivity contribution in [1.82, 2.24) is 5.01 Å². The van der Waals surface area contributed by atoms with Gasteiger partial charge in [-0.1, -0.05) is 30.7 Å². The van der Waals surface area contributed by atoms with Crippen LogP contribution in [0.5, 0.6) is 0 Å². The molecule has 0 spiro atoms. The number of nitrogens with one attached hydrogen (secondary N) is 1. The molecule has 26 heavy (non-hydrogen) atoms. The largest absolute Gasteiger partial charge is 0.457 e. The Labute approximate surface area is 158 Å². The minimum absolute atomic E-state index is 0.00774. The van der Waals surface area contributed by atoms with Crippen LogP contribution in [0.25, 0.3) is 17.4 Å². The molecule has 3 heterocycles. The lowest BCUT2D eigenvalue weighted by Gasteiger charge is -2.19. The molecular formula is C18H13ClN4O2S. The van der Waals surface area contributed by atoms with Gasteiger partial charge in [-0.2, -0.15) is 15.1 Å². The highest BCUT2D eigenvalue weighted by Crippen LogP contribution is 2.32. The lowest BCUT2D eigenvalue weighted by atomic mass is 10.1. The van der Waals surface area contributed by atoms with Crippen molar-refractivity contribution in [2.75, 3.05) is 0 Å². The zero-order valence-electron chi connectivity index (χ0n) is 13.7. The monoisotopic (exact) mass is 384 g/mol. The van der Waals surface area contributed by atoms with Crippen molar-refractivity contribution < 1.29 is 9.21 Å². The molecule has 130 valence electrons. The molecule has 0 fully saturated rings. The number of hydrogen-bond donors (Lipinski definition) is 1. The topological polar surface area (TPSA) is 82.0 Å². The van der Waals surface area contributed by atoms with E-state index in [2.05, 4.69) is 10.1 Å². The Kier molecular flexibility index (Phi) is 4.26. The number of amidine groups is 2. The molecule has 2 aliphatic heterocycles. The van der Waals surface area contributed by atoms with Crippen LogP contribution in [0.2, 0.25) is 5.02 Å². The van der Waals surface area contributed by atoms with Crippen LogP contribution in [0.1, 0.15) is 19.1 Å². The maximum absolute atomic E-state index is 12.3. The number of carbonyl (C=O) groups is 1. The molecule has 0 aliphatic carbocycles. The van der Waals surface area contributed by atoms with Crippen LogP contribution in [-0.4, -0.2) is 27.0 Å². The maximum atomic E-state index is 12.3. The Morgan fingerprint density at radius 2 is 2.12 bits per heavy atom. The molecule has 0 saturated carbocycles. The van der Waals surface area contributed by atoms with E-state index < -0.39 is 5.91 Å². The highest BCUT2D eigenvalue weighted by molar-refractivity contribution is 8.26. The summed E-state index contributed by atoms with van der Waals surface area (Å²) in [5, 5.41) is 15.8. The highest BCUT2D eigenvalue weighted by atomic mass is 35.5. The first-order chi connectivity index (χ1) is 12.6. The second-order valence-corrected chi connectivity index (χ2v) is 7.00. The minimum atomic E-state index is -0.475. The van der Waals surface area contributed by atoms with E-state index >= 15 is 0 Å². The van der Waals surface area contributed by atoms with Crippen molar-refractivity contribution in [2.45, 2.75) is 13.3 Å². The fourth-order valence-corrected chi connectivity index (χ4v) is 3.61. The summed E-state index contributed by atoms with van der Waals surface area (Å²) in [7, 11) is 0. The van der Waals surface area contributed by atoms with E-state index in [-0.39, 0.29) is 11.4 Å². The summed E-state index contributed by atoms with van der Waals surface area (Å²) in [6, 6.07) is 10.8. The van der Waals surface area contributed by atoms with Crippen LogP contribution in [-0.2, 0) is 4.79 Å². The second kappa shape index (κ2) is 6.59.